The van der Waals surface area contributed by atoms with Crippen LogP contribution < -0.4 is 0 Å². The van der Waals surface area contributed by atoms with Gasteiger partial charge in [0.15, 0.2) is 0 Å². The lowest BCUT2D eigenvalue weighted by atomic mass is 9.50. The third-order valence-electron chi connectivity index (χ3n) is 9.33. The average molecular weight is 407 g/mol. The Bertz CT molecular complexity index is 693. The molecule has 5 heteroatoms. The minimum absolute atomic E-state index is 0.0354. The molecule has 0 aromatic rings. The second-order valence-corrected chi connectivity index (χ2v) is 11.0. The van der Waals surface area contributed by atoms with Gasteiger partial charge in [-0.05, 0) is 84.0 Å². The van der Waals surface area contributed by atoms with E-state index in [9.17, 15) is 9.90 Å². The summed E-state index contributed by atoms with van der Waals surface area (Å²) in [5.41, 5.74) is 0.924. The van der Waals surface area contributed by atoms with Gasteiger partial charge in [0.1, 0.15) is 11.7 Å². The topological polar surface area (TPSA) is 65.0 Å². The van der Waals surface area contributed by atoms with Gasteiger partial charge in [0.05, 0.1) is 17.6 Å². The number of hydrogen-bond donors (Lipinski definition) is 1. The van der Waals surface area contributed by atoms with Crippen LogP contribution >= 0.6 is 0 Å². The van der Waals surface area contributed by atoms with Gasteiger partial charge >= 0.3 is 5.97 Å². The van der Waals surface area contributed by atoms with E-state index in [1.165, 1.54) is 24.8 Å². The first-order valence-electron chi connectivity index (χ1n) is 11.4. The Labute approximate surface area is 175 Å². The Morgan fingerprint density at radius 3 is 2.62 bits per heavy atom. The second kappa shape index (κ2) is 7.06. The predicted molar refractivity (Wildman–Crippen MR) is 110 cm³/mol. The van der Waals surface area contributed by atoms with Gasteiger partial charge in [-0.3, -0.25) is 4.79 Å². The maximum Gasteiger partial charge on any atom is 0.308 e. The van der Waals surface area contributed by atoms with Gasteiger partial charge in [0, 0.05) is 5.41 Å². The molecule has 3 fully saturated rings. The molecule has 1 saturated carbocycles. The van der Waals surface area contributed by atoms with Crippen LogP contribution in [-0.2, 0) is 19.3 Å². The minimum atomic E-state index is -0.842. The zero-order chi connectivity index (χ0) is 21.2. The number of carbonyl (C=O) groups is 1. The van der Waals surface area contributed by atoms with Crippen molar-refractivity contribution in [2.24, 2.45) is 29.1 Å². The Hall–Kier alpha value is -0.910. The fourth-order valence-corrected chi connectivity index (χ4v) is 6.75. The summed E-state index contributed by atoms with van der Waals surface area (Å²) >= 11 is 0. The molecule has 4 rings (SSSR count). The van der Waals surface area contributed by atoms with Gasteiger partial charge in [0.2, 0.25) is 0 Å². The van der Waals surface area contributed by atoms with Gasteiger partial charge in [-0.2, -0.15) is 0 Å². The smallest absolute Gasteiger partial charge is 0.308 e. The zero-order valence-electron chi connectivity index (χ0n) is 18.9. The monoisotopic (exact) mass is 406 g/mol. The van der Waals surface area contributed by atoms with Crippen LogP contribution in [0.1, 0.15) is 80.1 Å². The molecule has 29 heavy (non-hydrogen) atoms. The largest absolute Gasteiger partial charge is 0.481 e. The van der Waals surface area contributed by atoms with E-state index in [4.69, 9.17) is 14.5 Å². The molecule has 5 nitrogen and oxygen atoms in total. The van der Waals surface area contributed by atoms with Crippen LogP contribution in [0, 0.1) is 29.1 Å². The summed E-state index contributed by atoms with van der Waals surface area (Å²) in [6.45, 7) is 13.2. The number of aliphatic carboxylic acids is 1. The molecule has 2 aliphatic heterocycles. The summed E-state index contributed by atoms with van der Waals surface area (Å²) in [7, 11) is 0. The van der Waals surface area contributed by atoms with E-state index in [1.807, 2.05) is 0 Å². The van der Waals surface area contributed by atoms with Crippen molar-refractivity contribution in [2.75, 3.05) is 0 Å². The maximum atomic E-state index is 11.3. The highest BCUT2D eigenvalue weighted by Gasteiger charge is 2.66. The lowest BCUT2D eigenvalue weighted by Crippen LogP contribution is -2.57. The first-order valence-corrected chi connectivity index (χ1v) is 11.4. The van der Waals surface area contributed by atoms with E-state index in [0.29, 0.717) is 24.2 Å². The number of allylic oxidation sites excluding steroid dienone is 2. The Balaban J connectivity index is 1.54. The Morgan fingerprint density at radius 2 is 2.00 bits per heavy atom. The van der Waals surface area contributed by atoms with Crippen molar-refractivity contribution < 1.29 is 24.4 Å². The quantitative estimate of drug-likeness (QED) is 0.519. The fourth-order valence-electron chi connectivity index (χ4n) is 6.75. The summed E-state index contributed by atoms with van der Waals surface area (Å²) in [4.78, 5) is 22.8. The van der Waals surface area contributed by atoms with Crippen molar-refractivity contribution >= 4 is 5.97 Å². The number of ether oxygens (including phenoxy) is 1. The highest BCUT2D eigenvalue weighted by molar-refractivity contribution is 5.70. The summed E-state index contributed by atoms with van der Waals surface area (Å²) in [6.07, 6.45) is 8.08. The van der Waals surface area contributed by atoms with Gasteiger partial charge in [0.25, 0.3) is 0 Å². The number of carboxylic acids is 1. The van der Waals surface area contributed by atoms with Crippen LogP contribution in [0.4, 0.5) is 0 Å². The van der Waals surface area contributed by atoms with Crippen LogP contribution in [0.25, 0.3) is 0 Å². The van der Waals surface area contributed by atoms with Crippen LogP contribution in [0.15, 0.2) is 11.6 Å². The number of carboxylic acid groups (broad SMARTS) is 1. The molecule has 0 amide bonds. The van der Waals surface area contributed by atoms with E-state index in [1.54, 1.807) is 6.92 Å². The third-order valence-corrected chi connectivity index (χ3v) is 9.33. The Kier molecular flexibility index (Phi) is 5.20. The maximum absolute atomic E-state index is 11.3. The lowest BCUT2D eigenvalue weighted by molar-refractivity contribution is -0.426. The molecular weight excluding hydrogens is 368 g/mol. The predicted octanol–water partition coefficient (Wildman–Crippen LogP) is 5.14. The molecule has 2 saturated heterocycles. The van der Waals surface area contributed by atoms with Gasteiger partial charge in [-0.1, -0.05) is 25.5 Å². The molecule has 2 aliphatic carbocycles. The lowest BCUT2D eigenvalue weighted by Gasteiger charge is -2.56. The van der Waals surface area contributed by atoms with E-state index < -0.39 is 23.6 Å². The first kappa shape index (κ1) is 21.3. The van der Waals surface area contributed by atoms with Crippen molar-refractivity contribution in [3.05, 3.63) is 11.6 Å². The molecule has 0 unspecified atom stereocenters. The molecule has 0 spiro atoms. The van der Waals surface area contributed by atoms with Gasteiger partial charge in [-0.25, -0.2) is 9.78 Å². The summed E-state index contributed by atoms with van der Waals surface area (Å²) in [6, 6.07) is 0. The SMILES string of the molecule is CC1=C[C@@H]2C[C@@H](C)[C@]3(C)C[C@@H]([C@@]4(C)CC[C@H]([C@@H](C)C(=O)O)OO4)O[C@]3(C)[C@@H]2CC1. The average Bonchev–Trinajstić information content (AvgIpc) is 2.96. The van der Waals surface area contributed by atoms with Crippen molar-refractivity contribution in [1.82, 2.24) is 0 Å². The molecule has 0 bridgehead atoms. The zero-order valence-corrected chi connectivity index (χ0v) is 18.9. The van der Waals surface area contributed by atoms with Crippen LogP contribution in [0.5, 0.6) is 0 Å². The molecule has 164 valence electrons. The van der Waals surface area contributed by atoms with Crippen LogP contribution in [0.2, 0.25) is 0 Å². The molecule has 0 aromatic heterocycles. The molecule has 0 aromatic carbocycles. The van der Waals surface area contributed by atoms with Crippen molar-refractivity contribution in [1.29, 1.82) is 0 Å². The van der Waals surface area contributed by atoms with Crippen LogP contribution in [0.3, 0.4) is 0 Å². The van der Waals surface area contributed by atoms with Crippen LogP contribution in [-0.4, -0.2) is 34.5 Å². The molecule has 0 radical (unpaired) electrons. The molecular formula is C24H38O5. The molecule has 4 aliphatic rings. The summed E-state index contributed by atoms with van der Waals surface area (Å²) < 4.78 is 6.97. The second-order valence-electron chi connectivity index (χ2n) is 11.0. The molecule has 2 heterocycles. The highest BCUT2D eigenvalue weighted by atomic mass is 17.2. The number of fused-ring (bicyclic) bond motifs is 3. The van der Waals surface area contributed by atoms with Crippen molar-refractivity contribution in [3.8, 4) is 0 Å². The van der Waals surface area contributed by atoms with E-state index in [2.05, 4.69) is 40.7 Å². The number of hydrogen-bond acceptors (Lipinski definition) is 4. The van der Waals surface area contributed by atoms with Crippen molar-refractivity contribution in [3.63, 3.8) is 0 Å². The third kappa shape index (κ3) is 3.19. The van der Waals surface area contributed by atoms with Crippen molar-refractivity contribution in [2.45, 2.75) is 103 Å². The van der Waals surface area contributed by atoms with E-state index >= 15 is 0 Å². The Morgan fingerprint density at radius 1 is 1.28 bits per heavy atom. The number of rotatable bonds is 3. The molecule has 1 N–H and O–H groups in total. The molecule has 9 atom stereocenters. The fraction of sp³-hybridized carbons (Fsp3) is 0.875. The highest BCUT2D eigenvalue weighted by Crippen LogP contribution is 2.65. The normalized spacial score (nSPS) is 51.0. The van der Waals surface area contributed by atoms with Gasteiger partial charge < -0.3 is 9.84 Å². The van der Waals surface area contributed by atoms with Gasteiger partial charge in [-0.15, -0.1) is 0 Å². The standard InChI is InChI=1S/C24H38O5/c1-14-7-8-18-17(11-14)12-15(2)22(4)13-20(27-24(18,22)6)23(5)10-9-19(28-29-23)16(3)21(25)26/h11,15-20H,7-10,12-13H2,1-6H3,(H,25,26)/t15-,16-,17-,18-,19-,20+,22+,23-,24-/m1/s1. The summed E-state index contributed by atoms with van der Waals surface area (Å²) in [5, 5.41) is 9.28. The van der Waals surface area contributed by atoms with E-state index in [-0.39, 0.29) is 17.1 Å². The first-order chi connectivity index (χ1) is 13.5. The summed E-state index contributed by atoms with van der Waals surface area (Å²) in [5.74, 6) is 0.317. The minimum Gasteiger partial charge on any atom is -0.481 e. The van der Waals surface area contributed by atoms with E-state index in [0.717, 1.165) is 12.8 Å².